The van der Waals surface area contributed by atoms with E-state index in [1.165, 1.54) is 0 Å². The lowest BCUT2D eigenvalue weighted by Crippen LogP contribution is -2.37. The number of aromatic nitrogens is 1. The first-order valence-corrected chi connectivity index (χ1v) is 6.94. The second kappa shape index (κ2) is 5.91. The number of β-amino-alcohol motifs (C(OH)–C–C–N with tert-alkyl or cyclic N) is 1. The Balaban J connectivity index is 1.92. The predicted octanol–water partition coefficient (Wildman–Crippen LogP) is 1.81. The maximum absolute atomic E-state index is 9.61. The van der Waals surface area contributed by atoms with Gasteiger partial charge in [-0.1, -0.05) is 0 Å². The second-order valence-corrected chi connectivity index (χ2v) is 5.48. The van der Waals surface area contributed by atoms with E-state index >= 15 is 0 Å². The normalized spacial score (nSPS) is 23.8. The molecule has 17 heavy (non-hydrogen) atoms. The highest BCUT2D eigenvalue weighted by Crippen LogP contribution is 2.22. The summed E-state index contributed by atoms with van der Waals surface area (Å²) >= 11 is 1.65. The molecule has 0 spiro atoms. The van der Waals surface area contributed by atoms with Crippen molar-refractivity contribution in [3.8, 4) is 0 Å². The molecule has 1 N–H and O–H groups in total. The van der Waals surface area contributed by atoms with Crippen molar-refractivity contribution in [3.05, 3.63) is 16.1 Å². The molecule has 2 heterocycles. The lowest BCUT2D eigenvalue weighted by molar-refractivity contribution is 0.0661. The summed E-state index contributed by atoms with van der Waals surface area (Å²) in [6, 6.07) is 0. The molecule has 96 valence electrons. The zero-order valence-electron chi connectivity index (χ0n) is 10.4. The van der Waals surface area contributed by atoms with E-state index in [0.717, 1.165) is 43.2 Å². The van der Waals surface area contributed by atoms with Gasteiger partial charge in [0.15, 0.2) is 0 Å². The summed E-state index contributed by atoms with van der Waals surface area (Å²) < 4.78 is 5.25. The SMILES string of the molecule is COC(C)c1nc(CN2CCCC(O)C2)cs1. The highest BCUT2D eigenvalue weighted by Gasteiger charge is 2.19. The Hall–Kier alpha value is -0.490. The number of thiazole rings is 1. The fourth-order valence-corrected chi connectivity index (χ4v) is 2.93. The number of ether oxygens (including phenoxy) is 1. The molecule has 0 aromatic carbocycles. The summed E-state index contributed by atoms with van der Waals surface area (Å²) in [5.41, 5.74) is 1.09. The molecule has 2 rings (SSSR count). The largest absolute Gasteiger partial charge is 0.392 e. The lowest BCUT2D eigenvalue weighted by Gasteiger charge is -2.29. The third-order valence-corrected chi connectivity index (χ3v) is 4.19. The van der Waals surface area contributed by atoms with E-state index in [1.807, 2.05) is 6.92 Å². The van der Waals surface area contributed by atoms with Crippen molar-refractivity contribution in [1.82, 2.24) is 9.88 Å². The van der Waals surface area contributed by atoms with Gasteiger partial charge < -0.3 is 9.84 Å². The number of methoxy groups -OCH3 is 1. The zero-order chi connectivity index (χ0) is 12.3. The maximum atomic E-state index is 9.61. The highest BCUT2D eigenvalue weighted by molar-refractivity contribution is 7.09. The zero-order valence-corrected chi connectivity index (χ0v) is 11.2. The topological polar surface area (TPSA) is 45.6 Å². The smallest absolute Gasteiger partial charge is 0.122 e. The van der Waals surface area contributed by atoms with Crippen LogP contribution in [-0.2, 0) is 11.3 Å². The minimum atomic E-state index is -0.167. The summed E-state index contributed by atoms with van der Waals surface area (Å²) in [5.74, 6) is 0. The third-order valence-electron chi connectivity index (χ3n) is 3.14. The van der Waals surface area contributed by atoms with E-state index < -0.39 is 0 Å². The van der Waals surface area contributed by atoms with Crippen molar-refractivity contribution < 1.29 is 9.84 Å². The maximum Gasteiger partial charge on any atom is 0.122 e. The molecule has 0 amide bonds. The summed E-state index contributed by atoms with van der Waals surface area (Å²) in [6.45, 7) is 4.67. The Morgan fingerprint density at radius 3 is 3.24 bits per heavy atom. The molecule has 1 aromatic heterocycles. The Labute approximate surface area is 106 Å². The van der Waals surface area contributed by atoms with Crippen LogP contribution in [0.3, 0.4) is 0 Å². The number of rotatable bonds is 4. The van der Waals surface area contributed by atoms with Gasteiger partial charge in [0, 0.05) is 25.6 Å². The van der Waals surface area contributed by atoms with Crippen LogP contribution in [0.4, 0.5) is 0 Å². The number of likely N-dealkylation sites (tertiary alicyclic amines) is 1. The van der Waals surface area contributed by atoms with E-state index in [-0.39, 0.29) is 12.2 Å². The van der Waals surface area contributed by atoms with Gasteiger partial charge in [-0.15, -0.1) is 11.3 Å². The lowest BCUT2D eigenvalue weighted by atomic mass is 10.1. The molecule has 2 atom stereocenters. The van der Waals surface area contributed by atoms with Crippen molar-refractivity contribution in [2.45, 2.75) is 38.5 Å². The first kappa shape index (κ1) is 13.0. The molecule has 0 saturated carbocycles. The van der Waals surface area contributed by atoms with Gasteiger partial charge in [-0.3, -0.25) is 4.90 Å². The quantitative estimate of drug-likeness (QED) is 0.892. The molecule has 0 radical (unpaired) electrons. The average molecular weight is 256 g/mol. The van der Waals surface area contributed by atoms with Gasteiger partial charge in [0.05, 0.1) is 11.8 Å². The van der Waals surface area contributed by atoms with Crippen LogP contribution in [0.5, 0.6) is 0 Å². The average Bonchev–Trinajstić information content (AvgIpc) is 2.76. The van der Waals surface area contributed by atoms with Crippen molar-refractivity contribution in [1.29, 1.82) is 0 Å². The number of piperidine rings is 1. The van der Waals surface area contributed by atoms with Gasteiger partial charge in [-0.2, -0.15) is 0 Å². The Kier molecular flexibility index (Phi) is 4.50. The van der Waals surface area contributed by atoms with Crippen LogP contribution >= 0.6 is 11.3 Å². The number of nitrogens with zero attached hydrogens (tertiary/aromatic N) is 2. The fourth-order valence-electron chi connectivity index (χ4n) is 2.09. The summed E-state index contributed by atoms with van der Waals surface area (Å²) in [4.78, 5) is 6.84. The van der Waals surface area contributed by atoms with Gasteiger partial charge in [0.25, 0.3) is 0 Å². The molecule has 1 fully saturated rings. The minimum Gasteiger partial charge on any atom is -0.392 e. The summed E-state index contributed by atoms with van der Waals surface area (Å²) in [7, 11) is 1.70. The van der Waals surface area contributed by atoms with Crippen LogP contribution in [0.15, 0.2) is 5.38 Å². The number of aliphatic hydroxyl groups excluding tert-OH is 1. The van der Waals surface area contributed by atoms with Gasteiger partial charge in [-0.05, 0) is 26.3 Å². The molecule has 5 heteroatoms. The van der Waals surface area contributed by atoms with E-state index in [4.69, 9.17) is 4.74 Å². The summed E-state index contributed by atoms with van der Waals surface area (Å²) in [6.07, 6.45) is 1.91. The van der Waals surface area contributed by atoms with Crippen LogP contribution in [0.1, 0.15) is 36.6 Å². The Bertz CT molecular complexity index is 356. The molecule has 4 nitrogen and oxygen atoms in total. The monoisotopic (exact) mass is 256 g/mol. The number of hydrogen-bond donors (Lipinski definition) is 1. The minimum absolute atomic E-state index is 0.0701. The van der Waals surface area contributed by atoms with Gasteiger partial charge in [0.2, 0.25) is 0 Å². The van der Waals surface area contributed by atoms with Crippen molar-refractivity contribution in [2.75, 3.05) is 20.2 Å². The van der Waals surface area contributed by atoms with Gasteiger partial charge in [-0.25, -0.2) is 4.98 Å². The third kappa shape index (κ3) is 3.48. The van der Waals surface area contributed by atoms with Crippen LogP contribution < -0.4 is 0 Å². The molecular formula is C12H20N2O2S. The van der Waals surface area contributed by atoms with Gasteiger partial charge in [0.1, 0.15) is 11.1 Å². The van der Waals surface area contributed by atoms with E-state index in [1.54, 1.807) is 18.4 Å². The molecular weight excluding hydrogens is 236 g/mol. The van der Waals surface area contributed by atoms with Crippen molar-refractivity contribution in [2.24, 2.45) is 0 Å². The molecule has 1 saturated heterocycles. The summed E-state index contributed by atoms with van der Waals surface area (Å²) in [5, 5.41) is 12.7. The molecule has 1 aromatic rings. The standard InChI is InChI=1S/C12H20N2O2S/c1-9(16-2)12-13-10(8-17-12)6-14-5-3-4-11(15)7-14/h8-9,11,15H,3-7H2,1-2H3. The molecule has 0 bridgehead atoms. The molecule has 1 aliphatic rings. The van der Waals surface area contributed by atoms with E-state index in [2.05, 4.69) is 15.3 Å². The van der Waals surface area contributed by atoms with Crippen molar-refractivity contribution >= 4 is 11.3 Å². The Morgan fingerprint density at radius 1 is 1.71 bits per heavy atom. The Morgan fingerprint density at radius 2 is 2.53 bits per heavy atom. The first-order valence-electron chi connectivity index (χ1n) is 6.06. The van der Waals surface area contributed by atoms with Crippen LogP contribution in [-0.4, -0.2) is 41.3 Å². The fraction of sp³-hybridized carbons (Fsp3) is 0.750. The predicted molar refractivity (Wildman–Crippen MR) is 68.1 cm³/mol. The first-order chi connectivity index (χ1) is 8.19. The van der Waals surface area contributed by atoms with Crippen molar-refractivity contribution in [3.63, 3.8) is 0 Å². The van der Waals surface area contributed by atoms with Crippen LogP contribution in [0.2, 0.25) is 0 Å². The van der Waals surface area contributed by atoms with Crippen LogP contribution in [0, 0.1) is 0 Å². The van der Waals surface area contributed by atoms with E-state index in [9.17, 15) is 5.11 Å². The number of aliphatic hydroxyl groups is 1. The molecule has 1 aliphatic heterocycles. The van der Waals surface area contributed by atoms with Gasteiger partial charge >= 0.3 is 0 Å². The second-order valence-electron chi connectivity index (χ2n) is 4.59. The van der Waals surface area contributed by atoms with E-state index in [0.29, 0.717) is 0 Å². The number of hydrogen-bond acceptors (Lipinski definition) is 5. The molecule has 2 unspecified atom stereocenters. The van der Waals surface area contributed by atoms with Crippen LogP contribution in [0.25, 0.3) is 0 Å². The molecule has 0 aliphatic carbocycles. The highest BCUT2D eigenvalue weighted by atomic mass is 32.1.